The Balaban J connectivity index is 1.96. The number of aliphatic carboxylic acids is 1. The molecule has 136 valence electrons. The molecule has 0 radical (unpaired) electrons. The highest BCUT2D eigenvalue weighted by molar-refractivity contribution is 6.00. The molecule has 0 aromatic heterocycles. The van der Waals surface area contributed by atoms with Crippen LogP contribution in [0.3, 0.4) is 0 Å². The van der Waals surface area contributed by atoms with Crippen LogP contribution in [0.1, 0.15) is 29.8 Å². The summed E-state index contributed by atoms with van der Waals surface area (Å²) >= 11 is 0. The number of carboxylic acid groups (broad SMARTS) is 1. The number of carbonyl (C=O) groups is 2. The van der Waals surface area contributed by atoms with E-state index in [1.54, 1.807) is 55.5 Å². The maximum atomic E-state index is 12.1. The standard InChI is InChI=1S/C19H20N2O5/c1-3-25-16-10-6-15(7-11-16)19(24)21-20-13(2)14-4-8-17(9-5-14)26-12-18(22)23/h4-11H,3,12H2,1-2H3,(H,21,24)(H,22,23)/b20-13-. The smallest absolute Gasteiger partial charge is 0.341 e. The third kappa shape index (κ3) is 5.62. The largest absolute Gasteiger partial charge is 0.494 e. The lowest BCUT2D eigenvalue weighted by atomic mass is 10.1. The molecule has 2 rings (SSSR count). The number of carbonyl (C=O) groups excluding carboxylic acids is 1. The maximum absolute atomic E-state index is 12.1. The van der Waals surface area contributed by atoms with E-state index in [0.717, 1.165) is 5.56 Å². The average Bonchev–Trinajstić information content (AvgIpc) is 2.65. The second-order valence-electron chi connectivity index (χ2n) is 5.30. The molecule has 7 nitrogen and oxygen atoms in total. The van der Waals surface area contributed by atoms with E-state index in [4.69, 9.17) is 14.6 Å². The van der Waals surface area contributed by atoms with Crippen molar-refractivity contribution in [2.45, 2.75) is 13.8 Å². The number of carboxylic acids is 1. The minimum Gasteiger partial charge on any atom is -0.494 e. The number of hydrogen-bond donors (Lipinski definition) is 2. The lowest BCUT2D eigenvalue weighted by Gasteiger charge is -2.06. The molecule has 0 spiro atoms. The minimum atomic E-state index is -1.04. The topological polar surface area (TPSA) is 97.2 Å². The van der Waals surface area contributed by atoms with Crippen LogP contribution in [0.25, 0.3) is 0 Å². The van der Waals surface area contributed by atoms with E-state index in [1.165, 1.54) is 0 Å². The molecule has 0 saturated carbocycles. The van der Waals surface area contributed by atoms with Gasteiger partial charge >= 0.3 is 5.97 Å². The van der Waals surface area contributed by atoms with Crippen molar-refractivity contribution in [1.29, 1.82) is 0 Å². The van der Waals surface area contributed by atoms with Gasteiger partial charge in [-0.25, -0.2) is 10.2 Å². The van der Waals surface area contributed by atoms with Crippen molar-refractivity contribution in [2.75, 3.05) is 13.2 Å². The molecule has 7 heteroatoms. The first-order valence-electron chi connectivity index (χ1n) is 8.02. The number of nitrogens with zero attached hydrogens (tertiary/aromatic N) is 1. The van der Waals surface area contributed by atoms with Crippen molar-refractivity contribution >= 4 is 17.6 Å². The van der Waals surface area contributed by atoms with Crippen molar-refractivity contribution in [3.8, 4) is 11.5 Å². The Kier molecular flexibility index (Phi) is 6.73. The summed E-state index contributed by atoms with van der Waals surface area (Å²) < 4.78 is 10.4. The Bertz CT molecular complexity index is 783. The van der Waals surface area contributed by atoms with Crippen molar-refractivity contribution in [2.24, 2.45) is 5.10 Å². The van der Waals surface area contributed by atoms with Gasteiger partial charge in [0, 0.05) is 5.56 Å². The van der Waals surface area contributed by atoms with Crippen LogP contribution in [0.2, 0.25) is 0 Å². The molecule has 0 fully saturated rings. The van der Waals surface area contributed by atoms with Gasteiger partial charge < -0.3 is 14.6 Å². The van der Waals surface area contributed by atoms with Crippen LogP contribution in [0, 0.1) is 0 Å². The zero-order valence-electron chi connectivity index (χ0n) is 14.6. The van der Waals surface area contributed by atoms with Crippen molar-refractivity contribution in [3.05, 3.63) is 59.7 Å². The van der Waals surface area contributed by atoms with Gasteiger partial charge in [0.2, 0.25) is 0 Å². The van der Waals surface area contributed by atoms with Crippen LogP contribution in [0.5, 0.6) is 11.5 Å². The highest BCUT2D eigenvalue weighted by Gasteiger charge is 2.06. The van der Waals surface area contributed by atoms with Gasteiger partial charge in [0.05, 0.1) is 12.3 Å². The predicted octanol–water partition coefficient (Wildman–Crippen LogP) is 2.70. The molecular formula is C19H20N2O5. The SMILES string of the molecule is CCOc1ccc(C(=O)N/N=C(/C)c2ccc(OCC(=O)O)cc2)cc1. The van der Waals surface area contributed by atoms with E-state index >= 15 is 0 Å². The summed E-state index contributed by atoms with van der Waals surface area (Å²) in [5, 5.41) is 12.7. The molecule has 2 aromatic rings. The molecule has 0 aliphatic heterocycles. The highest BCUT2D eigenvalue weighted by Crippen LogP contribution is 2.13. The van der Waals surface area contributed by atoms with Gasteiger partial charge in [0.25, 0.3) is 5.91 Å². The van der Waals surface area contributed by atoms with Crippen LogP contribution in [0.15, 0.2) is 53.6 Å². The normalized spacial score (nSPS) is 10.9. The molecule has 0 aliphatic rings. The first-order valence-corrected chi connectivity index (χ1v) is 8.02. The second-order valence-corrected chi connectivity index (χ2v) is 5.30. The van der Waals surface area contributed by atoms with E-state index in [0.29, 0.717) is 29.4 Å². The average molecular weight is 356 g/mol. The number of amides is 1. The van der Waals surface area contributed by atoms with E-state index in [9.17, 15) is 9.59 Å². The molecule has 0 bridgehead atoms. The first kappa shape index (κ1) is 19.0. The molecule has 2 N–H and O–H groups in total. The fraction of sp³-hybridized carbons (Fsp3) is 0.211. The zero-order chi connectivity index (χ0) is 18.9. The third-order valence-electron chi connectivity index (χ3n) is 3.39. The summed E-state index contributed by atoms with van der Waals surface area (Å²) in [6.07, 6.45) is 0. The Morgan fingerprint density at radius 2 is 1.50 bits per heavy atom. The maximum Gasteiger partial charge on any atom is 0.341 e. The van der Waals surface area contributed by atoms with Crippen LogP contribution < -0.4 is 14.9 Å². The molecule has 1 amide bonds. The molecule has 0 aliphatic carbocycles. The Morgan fingerprint density at radius 3 is 2.04 bits per heavy atom. The summed E-state index contributed by atoms with van der Waals surface area (Å²) in [6, 6.07) is 13.5. The Hall–Kier alpha value is -3.35. The molecule has 0 saturated heterocycles. The molecule has 26 heavy (non-hydrogen) atoms. The van der Waals surface area contributed by atoms with Gasteiger partial charge in [-0.15, -0.1) is 0 Å². The number of rotatable bonds is 8. The van der Waals surface area contributed by atoms with Gasteiger partial charge in [-0.3, -0.25) is 4.79 Å². The summed E-state index contributed by atoms with van der Waals surface area (Å²) in [5.41, 5.74) is 4.36. The van der Waals surface area contributed by atoms with Gasteiger partial charge in [-0.1, -0.05) is 0 Å². The number of hydrogen-bond acceptors (Lipinski definition) is 5. The highest BCUT2D eigenvalue weighted by atomic mass is 16.5. The van der Waals surface area contributed by atoms with Crippen LogP contribution in [-0.2, 0) is 4.79 Å². The van der Waals surface area contributed by atoms with Crippen molar-refractivity contribution in [3.63, 3.8) is 0 Å². The van der Waals surface area contributed by atoms with Crippen molar-refractivity contribution < 1.29 is 24.2 Å². The van der Waals surface area contributed by atoms with Gasteiger partial charge in [-0.05, 0) is 67.9 Å². The molecular weight excluding hydrogens is 336 g/mol. The van der Waals surface area contributed by atoms with Gasteiger partial charge in [0.1, 0.15) is 11.5 Å². The minimum absolute atomic E-state index is 0.325. The molecule has 0 heterocycles. The molecule has 2 aromatic carbocycles. The summed E-state index contributed by atoms with van der Waals surface area (Å²) in [6.45, 7) is 3.81. The van der Waals surface area contributed by atoms with Crippen LogP contribution >= 0.6 is 0 Å². The second kappa shape index (κ2) is 9.22. The van der Waals surface area contributed by atoms with E-state index in [1.807, 2.05) is 6.92 Å². The molecule has 0 atom stereocenters. The number of nitrogens with one attached hydrogen (secondary N) is 1. The van der Waals surface area contributed by atoms with Gasteiger partial charge in [0.15, 0.2) is 6.61 Å². The fourth-order valence-electron chi connectivity index (χ4n) is 2.07. The first-order chi connectivity index (χ1) is 12.5. The quantitative estimate of drug-likeness (QED) is 0.560. The predicted molar refractivity (Wildman–Crippen MR) is 96.9 cm³/mol. The van der Waals surface area contributed by atoms with Crippen molar-refractivity contribution in [1.82, 2.24) is 5.43 Å². The van der Waals surface area contributed by atoms with Crippen LogP contribution in [-0.4, -0.2) is 35.9 Å². The lowest BCUT2D eigenvalue weighted by Crippen LogP contribution is -2.19. The summed E-state index contributed by atoms with van der Waals surface area (Å²) in [4.78, 5) is 22.6. The number of benzene rings is 2. The number of ether oxygens (including phenoxy) is 2. The van der Waals surface area contributed by atoms with Gasteiger partial charge in [-0.2, -0.15) is 5.10 Å². The third-order valence-corrected chi connectivity index (χ3v) is 3.39. The Labute approximate surface area is 151 Å². The molecule has 0 unspecified atom stereocenters. The fourth-order valence-corrected chi connectivity index (χ4v) is 2.07. The zero-order valence-corrected chi connectivity index (χ0v) is 14.6. The lowest BCUT2D eigenvalue weighted by molar-refractivity contribution is -0.139. The monoisotopic (exact) mass is 356 g/mol. The summed E-state index contributed by atoms with van der Waals surface area (Å²) in [7, 11) is 0. The van der Waals surface area contributed by atoms with E-state index in [-0.39, 0.29) is 5.91 Å². The van der Waals surface area contributed by atoms with Crippen LogP contribution in [0.4, 0.5) is 0 Å². The summed E-state index contributed by atoms with van der Waals surface area (Å²) in [5.74, 6) is -0.214. The number of hydrazone groups is 1. The Morgan fingerprint density at radius 1 is 0.962 bits per heavy atom. The van der Waals surface area contributed by atoms with E-state index in [2.05, 4.69) is 10.5 Å². The van der Waals surface area contributed by atoms with E-state index < -0.39 is 12.6 Å².